The van der Waals surface area contributed by atoms with E-state index in [4.69, 9.17) is 8.42 Å². The maximum atomic E-state index is 8.29. The molecule has 32 valence electrons. The van der Waals surface area contributed by atoms with Gasteiger partial charge in [-0.15, -0.1) is 11.6 Å². The summed E-state index contributed by atoms with van der Waals surface area (Å²) in [5, 5.41) is 0. The second kappa shape index (κ2) is 32.3. The Morgan fingerprint density at radius 2 is 1.40 bits per heavy atom. The summed E-state index contributed by atoms with van der Waals surface area (Å²) in [4.78, 5) is 0. The van der Waals surface area contributed by atoms with E-state index in [9.17, 15) is 0 Å². The zero-order chi connectivity index (χ0) is 4.71. The predicted octanol–water partition coefficient (Wildman–Crippen LogP) is 0.185. The van der Waals surface area contributed by atoms with Crippen LogP contribution in [0.15, 0.2) is 0 Å². The molecule has 0 aliphatic carbocycles. The quantitative estimate of drug-likeness (QED) is 0.421. The molecule has 0 saturated heterocycles. The molecule has 0 heterocycles. The molecule has 2 nitrogen and oxygen atoms in total. The molecular weight excluding hydrogens is 112 g/mol. The highest BCUT2D eigenvalue weighted by atomic mass is 35.5. The minimum atomic E-state index is -0.750. The van der Waals surface area contributed by atoms with Gasteiger partial charge in [-0.3, -0.25) is 0 Å². The Hall–Kier alpha value is 0.110. The Bertz CT molecular complexity index is 30.6. The second-order valence-corrected chi connectivity index (χ2v) is 0.204. The molecule has 0 bridgehead atoms. The van der Waals surface area contributed by atoms with Gasteiger partial charge in [-0.2, -0.15) is 8.42 Å². The fourth-order valence-electron chi connectivity index (χ4n) is 0. The van der Waals surface area contributed by atoms with Gasteiger partial charge in [0.2, 0.25) is 0 Å². The van der Waals surface area contributed by atoms with Crippen molar-refractivity contribution in [3.63, 3.8) is 0 Å². The Balaban J connectivity index is 0. The zero-order valence-corrected chi connectivity index (χ0v) is 4.18. The maximum Gasteiger partial charge on any atom is 0.335 e. The average molecular weight is 115 g/mol. The normalized spacial score (nSPS) is 3.60. The van der Waals surface area contributed by atoms with Crippen LogP contribution in [0.1, 0.15) is 0 Å². The molecule has 0 aliphatic heterocycles. The van der Waals surface area contributed by atoms with Crippen LogP contribution in [0, 0.1) is 0 Å². The number of halogens is 1. The first kappa shape index (κ1) is 8.92. The molecule has 5 heavy (non-hydrogen) atoms. The van der Waals surface area contributed by atoms with Gasteiger partial charge < -0.3 is 0 Å². The van der Waals surface area contributed by atoms with Crippen molar-refractivity contribution in [2.45, 2.75) is 0 Å². The van der Waals surface area contributed by atoms with E-state index in [1.807, 2.05) is 0 Å². The number of alkyl halides is 1. The van der Waals surface area contributed by atoms with Gasteiger partial charge in [0.1, 0.15) is 0 Å². The molecule has 0 spiro atoms. The van der Waals surface area contributed by atoms with E-state index in [2.05, 4.69) is 11.6 Å². The monoisotopic (exact) mass is 114 g/mol. The zero-order valence-electron chi connectivity index (χ0n) is 2.60. The Labute approximate surface area is 38.7 Å². The first-order chi connectivity index (χ1) is 2.41. The summed E-state index contributed by atoms with van der Waals surface area (Å²) in [6.45, 7) is 0. The molecule has 0 aromatic heterocycles. The number of rotatable bonds is 0. The Kier molecular flexibility index (Phi) is 57.6. The average Bonchev–Trinajstić information content (AvgIpc) is 1.46. The van der Waals surface area contributed by atoms with Crippen molar-refractivity contribution in [2.24, 2.45) is 0 Å². The van der Waals surface area contributed by atoms with Crippen LogP contribution in [0.5, 0.6) is 0 Å². The third kappa shape index (κ3) is 1510. The molecule has 0 unspecified atom stereocenters. The summed E-state index contributed by atoms with van der Waals surface area (Å²) in [5.74, 6) is 0. The van der Waals surface area contributed by atoms with Crippen molar-refractivity contribution in [3.8, 4) is 0 Å². The highest BCUT2D eigenvalue weighted by molar-refractivity contribution is 7.51. The highest BCUT2D eigenvalue weighted by Crippen LogP contribution is 1.34. The van der Waals surface area contributed by atoms with Crippen LogP contribution < -0.4 is 0 Å². The smallest absolute Gasteiger partial charge is 0.168 e. The van der Waals surface area contributed by atoms with Gasteiger partial charge in [-0.1, -0.05) is 0 Å². The molecule has 0 aromatic rings. The number of hydrogen-bond donors (Lipinski definition) is 0. The summed E-state index contributed by atoms with van der Waals surface area (Å²) in [5.41, 5.74) is 0. The van der Waals surface area contributed by atoms with Crippen LogP contribution in [-0.2, 0) is 11.6 Å². The predicted molar refractivity (Wildman–Crippen MR) is 20.7 cm³/mol. The summed E-state index contributed by atoms with van der Waals surface area (Å²) < 4.78 is 16.6. The topological polar surface area (TPSA) is 34.1 Å². The molecule has 0 fully saturated rings. The van der Waals surface area contributed by atoms with Crippen molar-refractivity contribution in [1.29, 1.82) is 0 Å². The fraction of sp³-hybridized carbons (Fsp3) is 1.00. The van der Waals surface area contributed by atoms with E-state index >= 15 is 0 Å². The summed E-state index contributed by atoms with van der Waals surface area (Å²) in [6, 6.07) is 0. The van der Waals surface area contributed by atoms with Crippen molar-refractivity contribution in [1.82, 2.24) is 0 Å². The second-order valence-electron chi connectivity index (χ2n) is 0.0680. The lowest BCUT2D eigenvalue weighted by atomic mass is 12.0. The summed E-state index contributed by atoms with van der Waals surface area (Å²) in [6.07, 6.45) is 1.47. The van der Waals surface area contributed by atoms with Gasteiger partial charge in [0.15, 0.2) is 0 Å². The molecule has 0 radical (unpaired) electrons. The van der Waals surface area contributed by atoms with Gasteiger partial charge in [-0.05, 0) is 0 Å². The Morgan fingerprint density at radius 1 is 1.40 bits per heavy atom. The van der Waals surface area contributed by atoms with E-state index in [-0.39, 0.29) is 0 Å². The molecule has 0 atom stereocenters. The van der Waals surface area contributed by atoms with Crippen molar-refractivity contribution in [2.75, 3.05) is 6.38 Å². The van der Waals surface area contributed by atoms with Crippen molar-refractivity contribution < 1.29 is 8.42 Å². The largest absolute Gasteiger partial charge is 0.335 e. The standard InChI is InChI=1S/CH3Cl.O2S/c1-2;1-3-2/h1H3;. The third-order valence-electron chi connectivity index (χ3n) is 0. The molecule has 0 N–H and O–H groups in total. The van der Waals surface area contributed by atoms with E-state index in [1.54, 1.807) is 0 Å². The maximum absolute atomic E-state index is 8.29. The lowest BCUT2D eigenvalue weighted by Crippen LogP contribution is -1.18. The van der Waals surface area contributed by atoms with Crippen molar-refractivity contribution in [3.05, 3.63) is 0 Å². The molecule has 4 heteroatoms. The SMILES string of the molecule is CCl.O=S=O. The molecule has 0 saturated carbocycles. The van der Waals surface area contributed by atoms with Gasteiger partial charge in [-0.25, -0.2) is 0 Å². The molecule has 0 aliphatic rings. The first-order valence-electron chi connectivity index (χ1n) is 0.711. The lowest BCUT2D eigenvalue weighted by molar-refractivity contribution is 0.630. The lowest BCUT2D eigenvalue weighted by Gasteiger charge is -1.06. The van der Waals surface area contributed by atoms with Gasteiger partial charge in [0.05, 0.1) is 0 Å². The Morgan fingerprint density at radius 3 is 1.40 bits per heavy atom. The molecule has 0 aromatic carbocycles. The summed E-state index contributed by atoms with van der Waals surface area (Å²) in [7, 11) is 0. The van der Waals surface area contributed by atoms with Gasteiger partial charge >= 0.3 is 11.6 Å². The van der Waals surface area contributed by atoms with E-state index in [0.717, 1.165) is 0 Å². The minimum absolute atomic E-state index is 0.750. The van der Waals surface area contributed by atoms with Crippen LogP contribution in [0.3, 0.4) is 0 Å². The molecular formula is CH3ClO2S. The van der Waals surface area contributed by atoms with Gasteiger partial charge in [0.25, 0.3) is 0 Å². The van der Waals surface area contributed by atoms with E-state index in [0.29, 0.717) is 0 Å². The first-order valence-corrected chi connectivity index (χ1v) is 2.13. The molecule has 0 amide bonds. The van der Waals surface area contributed by atoms with Crippen LogP contribution in [-0.4, -0.2) is 14.8 Å². The van der Waals surface area contributed by atoms with Crippen LogP contribution in [0.4, 0.5) is 0 Å². The number of hydrogen-bond acceptors (Lipinski definition) is 2. The van der Waals surface area contributed by atoms with E-state index in [1.165, 1.54) is 6.38 Å². The van der Waals surface area contributed by atoms with Crippen LogP contribution in [0.25, 0.3) is 0 Å². The van der Waals surface area contributed by atoms with Gasteiger partial charge in [0, 0.05) is 6.38 Å². The minimum Gasteiger partial charge on any atom is -0.168 e. The highest BCUT2D eigenvalue weighted by Gasteiger charge is 1.12. The summed E-state index contributed by atoms with van der Waals surface area (Å²) >= 11 is 3.89. The third-order valence-corrected chi connectivity index (χ3v) is 0. The van der Waals surface area contributed by atoms with E-state index < -0.39 is 11.6 Å². The molecule has 0 rings (SSSR count). The van der Waals surface area contributed by atoms with Crippen LogP contribution >= 0.6 is 11.6 Å². The fourth-order valence-corrected chi connectivity index (χ4v) is 0. The van der Waals surface area contributed by atoms with Crippen molar-refractivity contribution >= 4 is 23.2 Å². The van der Waals surface area contributed by atoms with Crippen LogP contribution in [0.2, 0.25) is 0 Å².